The molecule has 0 saturated heterocycles. The molecule has 1 atom stereocenters. The first-order valence-electron chi connectivity index (χ1n) is 6.89. The Bertz CT molecular complexity index is 720. The van der Waals surface area contributed by atoms with Crippen molar-refractivity contribution >= 4 is 27.8 Å². The summed E-state index contributed by atoms with van der Waals surface area (Å²) < 4.78 is 19.3. The van der Waals surface area contributed by atoms with Gasteiger partial charge in [0.25, 0.3) is 5.91 Å². The fourth-order valence-corrected chi connectivity index (χ4v) is 2.56. The topological polar surface area (TPSA) is 55.4 Å². The molecule has 0 aromatic heterocycles. The van der Waals surface area contributed by atoms with Crippen molar-refractivity contribution < 1.29 is 18.7 Å². The van der Waals surface area contributed by atoms with E-state index in [9.17, 15) is 14.0 Å². The van der Waals surface area contributed by atoms with Gasteiger partial charge in [-0.1, -0.05) is 40.2 Å². The van der Waals surface area contributed by atoms with Gasteiger partial charge in [-0.25, -0.2) is 9.18 Å². The van der Waals surface area contributed by atoms with Gasteiger partial charge in [-0.05, 0) is 29.8 Å². The lowest BCUT2D eigenvalue weighted by Crippen LogP contribution is -2.43. The molecular formula is C17H15BrFNO3. The Morgan fingerprint density at radius 2 is 1.96 bits per heavy atom. The van der Waals surface area contributed by atoms with Gasteiger partial charge in [0.2, 0.25) is 0 Å². The molecule has 1 N–H and O–H groups in total. The summed E-state index contributed by atoms with van der Waals surface area (Å²) in [6.07, 6.45) is 0.242. The minimum atomic E-state index is -0.901. The number of benzene rings is 2. The molecule has 0 saturated carbocycles. The first-order chi connectivity index (χ1) is 11.0. The predicted octanol–water partition coefficient (Wildman–Crippen LogP) is 3.10. The third kappa shape index (κ3) is 4.63. The first-order valence-corrected chi connectivity index (χ1v) is 7.68. The highest BCUT2D eigenvalue weighted by Crippen LogP contribution is 2.14. The van der Waals surface area contributed by atoms with E-state index in [1.54, 1.807) is 6.07 Å². The molecule has 4 nitrogen and oxygen atoms in total. The molecule has 0 aliphatic heterocycles. The van der Waals surface area contributed by atoms with Crippen LogP contribution < -0.4 is 5.32 Å². The smallest absolute Gasteiger partial charge is 0.328 e. The van der Waals surface area contributed by atoms with Gasteiger partial charge in [0.05, 0.1) is 12.7 Å². The molecular weight excluding hydrogens is 365 g/mol. The van der Waals surface area contributed by atoms with Crippen molar-refractivity contribution in [2.45, 2.75) is 12.5 Å². The van der Waals surface area contributed by atoms with Crippen molar-refractivity contribution in [3.8, 4) is 0 Å². The van der Waals surface area contributed by atoms with E-state index in [2.05, 4.69) is 21.2 Å². The number of ether oxygens (including phenoxy) is 1. The summed E-state index contributed by atoms with van der Waals surface area (Å²) in [6, 6.07) is 12.0. The van der Waals surface area contributed by atoms with Crippen molar-refractivity contribution in [2.24, 2.45) is 0 Å². The van der Waals surface area contributed by atoms with Crippen LogP contribution in [0.4, 0.5) is 4.39 Å². The Morgan fingerprint density at radius 3 is 2.61 bits per heavy atom. The maximum Gasteiger partial charge on any atom is 0.328 e. The molecule has 0 aliphatic rings. The fourth-order valence-electron chi connectivity index (χ4n) is 2.12. The summed E-state index contributed by atoms with van der Waals surface area (Å²) in [5, 5.41) is 2.52. The van der Waals surface area contributed by atoms with Gasteiger partial charge in [-0.3, -0.25) is 4.79 Å². The highest BCUT2D eigenvalue weighted by molar-refractivity contribution is 9.10. The molecule has 0 spiro atoms. The van der Waals surface area contributed by atoms with Crippen LogP contribution in [0, 0.1) is 5.82 Å². The van der Waals surface area contributed by atoms with Crippen LogP contribution in [0.2, 0.25) is 0 Å². The zero-order valence-corrected chi connectivity index (χ0v) is 14.0. The summed E-state index contributed by atoms with van der Waals surface area (Å²) in [5.41, 5.74) is 0.722. The van der Waals surface area contributed by atoms with E-state index in [0.29, 0.717) is 0 Å². The lowest BCUT2D eigenvalue weighted by Gasteiger charge is -2.17. The number of rotatable bonds is 5. The van der Waals surface area contributed by atoms with Crippen LogP contribution in [0.1, 0.15) is 15.9 Å². The minimum absolute atomic E-state index is 0.115. The number of esters is 1. The summed E-state index contributed by atoms with van der Waals surface area (Å²) in [6.45, 7) is 0. The summed E-state index contributed by atoms with van der Waals surface area (Å²) >= 11 is 3.35. The number of carbonyl (C=O) groups excluding carboxylic acids is 2. The molecule has 120 valence electrons. The van der Waals surface area contributed by atoms with E-state index in [-0.39, 0.29) is 12.0 Å². The van der Waals surface area contributed by atoms with Crippen LogP contribution in [-0.4, -0.2) is 25.0 Å². The number of halogens is 2. The maximum absolute atomic E-state index is 13.7. The van der Waals surface area contributed by atoms with Crippen LogP contribution in [0.5, 0.6) is 0 Å². The van der Waals surface area contributed by atoms with E-state index in [1.165, 1.54) is 25.3 Å². The van der Waals surface area contributed by atoms with Gasteiger partial charge in [-0.2, -0.15) is 0 Å². The van der Waals surface area contributed by atoms with E-state index in [4.69, 9.17) is 4.74 Å². The molecule has 0 fully saturated rings. The quantitative estimate of drug-likeness (QED) is 0.812. The normalized spacial score (nSPS) is 11.6. The van der Waals surface area contributed by atoms with Crippen molar-refractivity contribution in [1.82, 2.24) is 5.32 Å². The number of methoxy groups -OCH3 is 1. The molecule has 0 aliphatic carbocycles. The molecule has 2 aromatic carbocycles. The lowest BCUT2D eigenvalue weighted by molar-refractivity contribution is -0.142. The van der Waals surface area contributed by atoms with E-state index in [0.717, 1.165) is 10.0 Å². The average molecular weight is 380 g/mol. The Morgan fingerprint density at radius 1 is 1.22 bits per heavy atom. The number of hydrogen-bond acceptors (Lipinski definition) is 3. The van der Waals surface area contributed by atoms with Gasteiger partial charge in [0, 0.05) is 10.9 Å². The lowest BCUT2D eigenvalue weighted by atomic mass is 10.1. The second-order valence-electron chi connectivity index (χ2n) is 4.86. The van der Waals surface area contributed by atoms with Crippen molar-refractivity contribution in [3.63, 3.8) is 0 Å². The molecule has 0 bridgehead atoms. The second-order valence-corrected chi connectivity index (χ2v) is 5.78. The number of amides is 1. The standard InChI is InChI=1S/C17H15BrFNO3/c1-23-17(22)15(10-11-5-4-6-12(18)9-11)20-16(21)13-7-2-3-8-14(13)19/h2-9,15H,10H2,1H3,(H,20,21)/t15-/m0/s1. The van der Waals surface area contributed by atoms with Gasteiger partial charge in [-0.15, -0.1) is 0 Å². The summed E-state index contributed by atoms with van der Waals surface area (Å²) in [5.74, 6) is -1.89. The summed E-state index contributed by atoms with van der Waals surface area (Å²) in [7, 11) is 1.24. The molecule has 0 unspecified atom stereocenters. The molecule has 0 heterocycles. The molecule has 1 amide bonds. The summed E-state index contributed by atoms with van der Waals surface area (Å²) in [4.78, 5) is 24.1. The van der Waals surface area contributed by atoms with Gasteiger partial charge in [0.1, 0.15) is 11.9 Å². The van der Waals surface area contributed by atoms with Gasteiger partial charge in [0.15, 0.2) is 0 Å². The van der Waals surface area contributed by atoms with Gasteiger partial charge < -0.3 is 10.1 Å². The monoisotopic (exact) mass is 379 g/mol. The Hall–Kier alpha value is -2.21. The van der Waals surface area contributed by atoms with Crippen LogP contribution in [-0.2, 0) is 16.0 Å². The van der Waals surface area contributed by atoms with E-state index < -0.39 is 23.7 Å². The van der Waals surface area contributed by atoms with Crippen molar-refractivity contribution in [3.05, 3.63) is 69.9 Å². The molecule has 2 aromatic rings. The van der Waals surface area contributed by atoms with Crippen molar-refractivity contribution in [2.75, 3.05) is 7.11 Å². The highest BCUT2D eigenvalue weighted by Gasteiger charge is 2.23. The second kappa shape index (κ2) is 7.87. The fraction of sp³-hybridized carbons (Fsp3) is 0.176. The Balaban J connectivity index is 2.17. The number of carbonyl (C=O) groups is 2. The van der Waals surface area contributed by atoms with E-state index in [1.807, 2.05) is 24.3 Å². The molecule has 23 heavy (non-hydrogen) atoms. The predicted molar refractivity (Wildman–Crippen MR) is 87.5 cm³/mol. The third-order valence-corrected chi connectivity index (χ3v) is 3.73. The minimum Gasteiger partial charge on any atom is -0.467 e. The molecule has 6 heteroatoms. The molecule has 0 radical (unpaired) electrons. The first kappa shape index (κ1) is 17.1. The van der Waals surface area contributed by atoms with E-state index >= 15 is 0 Å². The van der Waals surface area contributed by atoms with Crippen molar-refractivity contribution in [1.29, 1.82) is 0 Å². The van der Waals surface area contributed by atoms with Crippen LogP contribution in [0.3, 0.4) is 0 Å². The zero-order valence-electron chi connectivity index (χ0n) is 12.4. The largest absolute Gasteiger partial charge is 0.467 e. The highest BCUT2D eigenvalue weighted by atomic mass is 79.9. The van der Waals surface area contributed by atoms with Crippen LogP contribution in [0.25, 0.3) is 0 Å². The SMILES string of the molecule is COC(=O)[C@H](Cc1cccc(Br)c1)NC(=O)c1ccccc1F. The van der Waals surface area contributed by atoms with Crippen LogP contribution >= 0.6 is 15.9 Å². The zero-order chi connectivity index (χ0) is 16.8. The maximum atomic E-state index is 13.7. The average Bonchev–Trinajstić information content (AvgIpc) is 2.54. The number of nitrogens with one attached hydrogen (secondary N) is 1. The third-order valence-electron chi connectivity index (χ3n) is 3.24. The molecule has 2 rings (SSSR count). The Labute approximate surface area is 141 Å². The van der Waals surface area contributed by atoms with Crippen LogP contribution in [0.15, 0.2) is 53.0 Å². The Kier molecular flexibility index (Phi) is 5.87. The van der Waals surface area contributed by atoms with Gasteiger partial charge >= 0.3 is 5.97 Å². The number of hydrogen-bond donors (Lipinski definition) is 1.